The van der Waals surface area contributed by atoms with Gasteiger partial charge in [0.1, 0.15) is 11.5 Å². The SMILES string of the molecule is c1ccc(-c2ccccc2-c2oc(-c3cc4c5ccccc5n(-c5ccccc5)c4cc3-c3ccccc3)c3ccccc23)cc1. The Hall–Kier alpha value is -6.12. The Labute approximate surface area is 267 Å². The molecule has 0 aliphatic carbocycles. The van der Waals surface area contributed by atoms with Crippen LogP contribution in [0, 0.1) is 0 Å². The summed E-state index contributed by atoms with van der Waals surface area (Å²) >= 11 is 0. The molecule has 2 nitrogen and oxygen atoms in total. The van der Waals surface area contributed by atoms with E-state index < -0.39 is 0 Å². The summed E-state index contributed by atoms with van der Waals surface area (Å²) in [4.78, 5) is 0. The molecule has 2 heterocycles. The van der Waals surface area contributed by atoms with E-state index in [1.165, 1.54) is 27.4 Å². The first-order chi connectivity index (χ1) is 22.8. The number of nitrogens with zero attached hydrogens (tertiary/aromatic N) is 1. The zero-order chi connectivity index (χ0) is 30.5. The summed E-state index contributed by atoms with van der Waals surface area (Å²) in [6, 6.07) is 62.4. The van der Waals surface area contributed by atoms with Crippen molar-refractivity contribution in [2.24, 2.45) is 0 Å². The summed E-state index contributed by atoms with van der Waals surface area (Å²) in [6.45, 7) is 0. The summed E-state index contributed by atoms with van der Waals surface area (Å²) in [7, 11) is 0. The minimum atomic E-state index is 0.880. The van der Waals surface area contributed by atoms with Gasteiger partial charge < -0.3 is 8.98 Å². The van der Waals surface area contributed by atoms with Crippen LogP contribution in [0.1, 0.15) is 0 Å². The molecule has 7 aromatic carbocycles. The Kier molecular flexibility index (Phi) is 6.17. The van der Waals surface area contributed by atoms with Crippen molar-refractivity contribution in [1.29, 1.82) is 0 Å². The Bertz CT molecular complexity index is 2500. The topological polar surface area (TPSA) is 18.1 Å². The van der Waals surface area contributed by atoms with Crippen molar-refractivity contribution in [3.05, 3.63) is 176 Å². The molecule has 216 valence electrons. The Balaban J connectivity index is 1.37. The van der Waals surface area contributed by atoms with Crippen molar-refractivity contribution in [2.45, 2.75) is 0 Å². The molecule has 0 spiro atoms. The number of hydrogen-bond donors (Lipinski definition) is 0. The van der Waals surface area contributed by atoms with Gasteiger partial charge in [0, 0.05) is 38.4 Å². The van der Waals surface area contributed by atoms with Crippen LogP contribution in [-0.2, 0) is 0 Å². The van der Waals surface area contributed by atoms with Crippen molar-refractivity contribution in [3.63, 3.8) is 0 Å². The van der Waals surface area contributed by atoms with Gasteiger partial charge in [-0.25, -0.2) is 0 Å². The highest BCUT2D eigenvalue weighted by Crippen LogP contribution is 2.47. The second-order valence-electron chi connectivity index (χ2n) is 11.7. The molecule has 0 aliphatic rings. The number of benzene rings is 7. The van der Waals surface area contributed by atoms with Crippen LogP contribution in [0.5, 0.6) is 0 Å². The van der Waals surface area contributed by atoms with Crippen LogP contribution in [-0.4, -0.2) is 4.57 Å². The van der Waals surface area contributed by atoms with E-state index in [2.05, 4.69) is 180 Å². The second kappa shape index (κ2) is 10.8. The van der Waals surface area contributed by atoms with Gasteiger partial charge in [0.15, 0.2) is 0 Å². The minimum Gasteiger partial charge on any atom is -0.455 e. The van der Waals surface area contributed by atoms with Crippen LogP contribution in [0.2, 0.25) is 0 Å². The fourth-order valence-corrected chi connectivity index (χ4v) is 6.96. The summed E-state index contributed by atoms with van der Waals surface area (Å²) < 4.78 is 9.48. The summed E-state index contributed by atoms with van der Waals surface area (Å²) in [5, 5.41) is 4.61. The number of aromatic nitrogens is 1. The van der Waals surface area contributed by atoms with Crippen LogP contribution in [0.3, 0.4) is 0 Å². The molecule has 0 atom stereocenters. The maximum absolute atomic E-state index is 7.11. The maximum Gasteiger partial charge on any atom is 0.143 e. The van der Waals surface area contributed by atoms with Crippen LogP contribution < -0.4 is 0 Å². The molecular weight excluding hydrogens is 558 g/mol. The van der Waals surface area contributed by atoms with Crippen LogP contribution in [0.25, 0.3) is 83.2 Å². The lowest BCUT2D eigenvalue weighted by Crippen LogP contribution is -1.94. The Morgan fingerprint density at radius 2 is 0.826 bits per heavy atom. The Morgan fingerprint density at radius 3 is 1.50 bits per heavy atom. The Morgan fingerprint density at radius 1 is 0.326 bits per heavy atom. The van der Waals surface area contributed by atoms with Crippen molar-refractivity contribution in [1.82, 2.24) is 4.57 Å². The average Bonchev–Trinajstić information content (AvgIpc) is 3.68. The molecule has 0 fully saturated rings. The molecule has 0 saturated heterocycles. The lowest BCUT2D eigenvalue weighted by Gasteiger charge is -2.13. The van der Waals surface area contributed by atoms with Gasteiger partial charge in [-0.05, 0) is 52.6 Å². The number of hydrogen-bond acceptors (Lipinski definition) is 1. The zero-order valence-electron chi connectivity index (χ0n) is 25.1. The molecule has 0 saturated carbocycles. The zero-order valence-corrected chi connectivity index (χ0v) is 25.1. The van der Waals surface area contributed by atoms with E-state index >= 15 is 0 Å². The predicted octanol–water partition coefficient (Wildman–Crippen LogP) is 12.2. The smallest absolute Gasteiger partial charge is 0.143 e. The minimum absolute atomic E-state index is 0.880. The first-order valence-corrected chi connectivity index (χ1v) is 15.7. The first kappa shape index (κ1) is 26.3. The average molecular weight is 588 g/mol. The van der Waals surface area contributed by atoms with Gasteiger partial charge in [0.25, 0.3) is 0 Å². The number of para-hydroxylation sites is 2. The lowest BCUT2D eigenvalue weighted by atomic mass is 9.93. The van der Waals surface area contributed by atoms with E-state index in [9.17, 15) is 0 Å². The van der Waals surface area contributed by atoms with E-state index in [0.29, 0.717) is 0 Å². The fraction of sp³-hybridized carbons (Fsp3) is 0. The van der Waals surface area contributed by atoms with Gasteiger partial charge in [-0.2, -0.15) is 0 Å². The van der Waals surface area contributed by atoms with Gasteiger partial charge >= 0.3 is 0 Å². The summed E-state index contributed by atoms with van der Waals surface area (Å²) in [5.74, 6) is 1.77. The van der Waals surface area contributed by atoms with Gasteiger partial charge in [-0.1, -0.05) is 146 Å². The van der Waals surface area contributed by atoms with Crippen molar-refractivity contribution in [3.8, 4) is 50.6 Å². The van der Waals surface area contributed by atoms with Crippen molar-refractivity contribution in [2.75, 3.05) is 0 Å². The van der Waals surface area contributed by atoms with Crippen LogP contribution in [0.15, 0.2) is 180 Å². The summed E-state index contributed by atoms with van der Waals surface area (Å²) in [5.41, 5.74) is 10.3. The third-order valence-electron chi connectivity index (χ3n) is 9.03. The molecule has 9 rings (SSSR count). The van der Waals surface area contributed by atoms with Gasteiger partial charge in [0.2, 0.25) is 0 Å². The van der Waals surface area contributed by atoms with Gasteiger partial charge in [0.05, 0.1) is 11.0 Å². The van der Waals surface area contributed by atoms with E-state index in [4.69, 9.17) is 4.42 Å². The largest absolute Gasteiger partial charge is 0.455 e. The molecule has 2 aromatic heterocycles. The third kappa shape index (κ3) is 4.19. The van der Waals surface area contributed by atoms with Crippen molar-refractivity contribution >= 4 is 32.6 Å². The van der Waals surface area contributed by atoms with E-state index in [1.807, 2.05) is 0 Å². The molecule has 0 N–H and O–H groups in total. The van der Waals surface area contributed by atoms with E-state index in [0.717, 1.165) is 55.8 Å². The third-order valence-corrected chi connectivity index (χ3v) is 9.03. The van der Waals surface area contributed by atoms with Crippen LogP contribution >= 0.6 is 0 Å². The molecule has 46 heavy (non-hydrogen) atoms. The number of furan rings is 1. The molecule has 0 bridgehead atoms. The standard InChI is InChI=1S/C44H29NO/c1-4-16-30(17-5-1)33-22-10-11-24-35(33)43-36-25-12-13-26-37(36)44(46-43)40-28-39-34-23-14-15-27-41(34)45(32-20-8-3-9-21-32)42(39)29-38(40)31-18-6-2-7-19-31/h1-29H. The lowest BCUT2D eigenvalue weighted by molar-refractivity contribution is 0.602. The quantitative estimate of drug-likeness (QED) is 0.196. The fourth-order valence-electron chi connectivity index (χ4n) is 6.96. The number of rotatable bonds is 5. The van der Waals surface area contributed by atoms with Crippen molar-refractivity contribution < 1.29 is 4.42 Å². The highest BCUT2D eigenvalue weighted by Gasteiger charge is 2.23. The molecule has 0 amide bonds. The molecule has 0 radical (unpaired) electrons. The monoisotopic (exact) mass is 587 g/mol. The first-order valence-electron chi connectivity index (χ1n) is 15.7. The highest BCUT2D eigenvalue weighted by molar-refractivity contribution is 6.14. The molecule has 0 unspecified atom stereocenters. The highest BCUT2D eigenvalue weighted by atomic mass is 16.3. The van der Waals surface area contributed by atoms with E-state index in [-0.39, 0.29) is 0 Å². The summed E-state index contributed by atoms with van der Waals surface area (Å²) in [6.07, 6.45) is 0. The molecular formula is C44H29NO. The molecule has 9 aromatic rings. The van der Waals surface area contributed by atoms with Gasteiger partial charge in [-0.15, -0.1) is 0 Å². The van der Waals surface area contributed by atoms with Crippen LogP contribution in [0.4, 0.5) is 0 Å². The molecule has 0 aliphatic heterocycles. The molecule has 2 heteroatoms. The van der Waals surface area contributed by atoms with E-state index in [1.54, 1.807) is 0 Å². The van der Waals surface area contributed by atoms with Gasteiger partial charge in [-0.3, -0.25) is 0 Å². The second-order valence-corrected chi connectivity index (χ2v) is 11.7. The normalized spacial score (nSPS) is 11.5. The predicted molar refractivity (Wildman–Crippen MR) is 192 cm³/mol. The maximum atomic E-state index is 7.11. The number of fused-ring (bicyclic) bond motifs is 4.